The Bertz CT molecular complexity index is 281. The highest BCUT2D eigenvalue weighted by Crippen LogP contribution is 2.00. The Hall–Kier alpha value is -1.47. The van der Waals surface area contributed by atoms with Gasteiger partial charge in [-0.2, -0.15) is 0 Å². The smallest absolute Gasteiger partial charge is 0.372 e. The molecule has 0 saturated carbocycles. The van der Waals surface area contributed by atoms with E-state index in [1.54, 1.807) is 13.8 Å². The molecule has 0 aliphatic heterocycles. The van der Waals surface area contributed by atoms with Gasteiger partial charge in [-0.15, -0.1) is 0 Å². The predicted molar refractivity (Wildman–Crippen MR) is 66.0 cm³/mol. The summed E-state index contributed by atoms with van der Waals surface area (Å²) >= 11 is 0. The van der Waals surface area contributed by atoms with Crippen molar-refractivity contribution in [3.63, 3.8) is 0 Å². The number of rotatable bonds is 7. The quantitative estimate of drug-likeness (QED) is 0.466. The van der Waals surface area contributed by atoms with Gasteiger partial charge in [0.2, 0.25) is 5.78 Å². The van der Waals surface area contributed by atoms with Gasteiger partial charge in [-0.05, 0) is 25.8 Å². The molecule has 0 fully saturated rings. The molecule has 1 unspecified atom stereocenters. The molecule has 7 heteroatoms. The molecule has 0 aromatic carbocycles. The predicted octanol–water partition coefficient (Wildman–Crippen LogP) is -0.177. The molecule has 0 spiro atoms. The minimum absolute atomic E-state index is 0.345. The topological polar surface area (TPSA) is 144 Å². The summed E-state index contributed by atoms with van der Waals surface area (Å²) in [5.74, 6) is -3.33. The van der Waals surface area contributed by atoms with E-state index in [4.69, 9.17) is 21.7 Å². The second-order valence-corrected chi connectivity index (χ2v) is 3.85. The van der Waals surface area contributed by atoms with Gasteiger partial charge in [0.25, 0.3) is 0 Å². The van der Waals surface area contributed by atoms with E-state index in [2.05, 4.69) is 0 Å². The first-order chi connectivity index (χ1) is 8.27. The lowest BCUT2D eigenvalue weighted by Gasteiger charge is -2.02. The molecule has 18 heavy (non-hydrogen) atoms. The number of nitrogens with two attached hydrogens (primary N) is 2. The number of carbonyl (C=O) groups excluding carboxylic acids is 1. The van der Waals surface area contributed by atoms with Crippen LogP contribution in [0.3, 0.4) is 0 Å². The van der Waals surface area contributed by atoms with Crippen molar-refractivity contribution in [2.75, 3.05) is 6.54 Å². The minimum atomic E-state index is -1.33. The fourth-order valence-electron chi connectivity index (χ4n) is 0.857. The first-order valence-corrected chi connectivity index (χ1v) is 5.73. The van der Waals surface area contributed by atoms with Gasteiger partial charge < -0.3 is 21.7 Å². The zero-order chi connectivity index (χ0) is 14.7. The molecule has 0 bridgehead atoms. The highest BCUT2D eigenvalue weighted by molar-refractivity contribution is 6.33. The lowest BCUT2D eigenvalue weighted by molar-refractivity contribution is -0.150. The van der Waals surface area contributed by atoms with E-state index in [9.17, 15) is 14.4 Å². The fraction of sp³-hybridized carbons (Fsp3) is 0.727. The number of ketones is 1. The van der Waals surface area contributed by atoms with Crippen LogP contribution in [0.2, 0.25) is 0 Å². The average molecular weight is 262 g/mol. The number of carboxylic acid groups (broad SMARTS) is 2. The SMILES string of the molecule is CCC(C)C(=O)C(=O)O.NCCC[C@H](N)C(=O)O. The molecule has 6 N–H and O–H groups in total. The summed E-state index contributed by atoms with van der Waals surface area (Å²) in [5.41, 5.74) is 10.3. The maximum absolute atomic E-state index is 10.5. The van der Waals surface area contributed by atoms with Gasteiger partial charge in [0.15, 0.2) is 0 Å². The zero-order valence-electron chi connectivity index (χ0n) is 10.8. The van der Waals surface area contributed by atoms with Crippen molar-refractivity contribution in [2.45, 2.75) is 39.2 Å². The van der Waals surface area contributed by atoms with Crippen molar-refractivity contribution < 1.29 is 24.6 Å². The molecule has 0 radical (unpaired) electrons. The van der Waals surface area contributed by atoms with Crippen LogP contribution >= 0.6 is 0 Å². The fourth-order valence-corrected chi connectivity index (χ4v) is 0.857. The Kier molecular flexibility index (Phi) is 11.2. The number of aliphatic carboxylic acids is 2. The van der Waals surface area contributed by atoms with E-state index in [1.165, 1.54) is 0 Å². The first-order valence-electron chi connectivity index (χ1n) is 5.73. The lowest BCUT2D eigenvalue weighted by Crippen LogP contribution is -2.30. The third kappa shape index (κ3) is 9.73. The molecular formula is C11H22N2O5. The number of carbonyl (C=O) groups is 3. The van der Waals surface area contributed by atoms with Crippen LogP contribution in [0.15, 0.2) is 0 Å². The van der Waals surface area contributed by atoms with Crippen LogP contribution in [-0.2, 0) is 14.4 Å². The second kappa shape index (κ2) is 10.7. The van der Waals surface area contributed by atoms with E-state index in [0.29, 0.717) is 25.8 Å². The summed E-state index contributed by atoms with van der Waals surface area (Å²) in [6, 6.07) is -0.742. The van der Waals surface area contributed by atoms with Gasteiger partial charge in [0.1, 0.15) is 6.04 Å². The van der Waals surface area contributed by atoms with Gasteiger partial charge in [0, 0.05) is 5.92 Å². The van der Waals surface area contributed by atoms with E-state index in [1.807, 2.05) is 0 Å². The molecule has 0 aliphatic rings. The third-order valence-corrected chi connectivity index (χ3v) is 2.31. The Morgan fingerprint density at radius 1 is 1.22 bits per heavy atom. The van der Waals surface area contributed by atoms with Gasteiger partial charge in [-0.25, -0.2) is 4.79 Å². The van der Waals surface area contributed by atoms with E-state index in [-0.39, 0.29) is 5.92 Å². The number of Topliss-reactive ketones (excluding diaryl/α,β-unsaturated/α-hetero) is 1. The largest absolute Gasteiger partial charge is 0.480 e. The Morgan fingerprint density at radius 3 is 1.94 bits per heavy atom. The van der Waals surface area contributed by atoms with E-state index >= 15 is 0 Å². The number of hydrogen-bond acceptors (Lipinski definition) is 5. The minimum Gasteiger partial charge on any atom is -0.480 e. The summed E-state index contributed by atoms with van der Waals surface area (Å²) in [6.07, 6.45) is 1.73. The standard InChI is InChI=1S/C6H10O3.C5H12N2O2/c1-3-4(2)5(7)6(8)9;6-3-1-2-4(7)5(8)9/h4H,3H2,1-2H3,(H,8,9);4H,1-3,6-7H2,(H,8,9)/t;4-/m.0/s1. The summed E-state index contributed by atoms with van der Waals surface area (Å²) in [5, 5.41) is 16.4. The molecule has 0 heterocycles. The molecule has 0 amide bonds. The Labute approximate surface area is 106 Å². The summed E-state index contributed by atoms with van der Waals surface area (Å²) in [6.45, 7) is 3.89. The highest BCUT2D eigenvalue weighted by atomic mass is 16.4. The van der Waals surface area contributed by atoms with Crippen LogP contribution in [-0.4, -0.2) is 40.5 Å². The molecule has 0 aromatic heterocycles. The van der Waals surface area contributed by atoms with Gasteiger partial charge >= 0.3 is 11.9 Å². The van der Waals surface area contributed by atoms with Crippen LogP contribution < -0.4 is 11.5 Å². The summed E-state index contributed by atoms with van der Waals surface area (Å²) < 4.78 is 0. The van der Waals surface area contributed by atoms with E-state index < -0.39 is 23.8 Å². The highest BCUT2D eigenvalue weighted by Gasteiger charge is 2.17. The van der Waals surface area contributed by atoms with Crippen molar-refractivity contribution in [2.24, 2.45) is 17.4 Å². The van der Waals surface area contributed by atoms with Crippen LogP contribution in [0.4, 0.5) is 0 Å². The maximum atomic E-state index is 10.5. The molecular weight excluding hydrogens is 240 g/mol. The van der Waals surface area contributed by atoms with Crippen LogP contribution in [0, 0.1) is 5.92 Å². The zero-order valence-corrected chi connectivity index (χ0v) is 10.8. The van der Waals surface area contributed by atoms with Gasteiger partial charge in [0.05, 0.1) is 0 Å². The van der Waals surface area contributed by atoms with Crippen LogP contribution in [0.5, 0.6) is 0 Å². The summed E-state index contributed by atoms with van der Waals surface area (Å²) in [4.78, 5) is 30.5. The van der Waals surface area contributed by atoms with Crippen LogP contribution in [0.25, 0.3) is 0 Å². The van der Waals surface area contributed by atoms with Crippen LogP contribution in [0.1, 0.15) is 33.1 Å². The van der Waals surface area contributed by atoms with E-state index in [0.717, 1.165) is 0 Å². The monoisotopic (exact) mass is 262 g/mol. The third-order valence-electron chi connectivity index (χ3n) is 2.31. The molecule has 0 rings (SSSR count). The first kappa shape index (κ1) is 18.9. The van der Waals surface area contributed by atoms with Gasteiger partial charge in [-0.3, -0.25) is 9.59 Å². The summed E-state index contributed by atoms with van der Waals surface area (Å²) in [7, 11) is 0. The van der Waals surface area contributed by atoms with Crippen molar-refractivity contribution in [3.8, 4) is 0 Å². The second-order valence-electron chi connectivity index (χ2n) is 3.85. The van der Waals surface area contributed by atoms with Crippen molar-refractivity contribution in [1.82, 2.24) is 0 Å². The molecule has 106 valence electrons. The van der Waals surface area contributed by atoms with Crippen molar-refractivity contribution in [3.05, 3.63) is 0 Å². The van der Waals surface area contributed by atoms with Crippen molar-refractivity contribution >= 4 is 17.7 Å². The molecule has 0 aliphatic carbocycles. The number of carboxylic acids is 2. The Balaban J connectivity index is 0. The van der Waals surface area contributed by atoms with Crippen molar-refractivity contribution in [1.29, 1.82) is 0 Å². The maximum Gasteiger partial charge on any atom is 0.372 e. The molecule has 2 atom stereocenters. The average Bonchev–Trinajstić information content (AvgIpc) is 2.34. The molecule has 0 saturated heterocycles. The number of hydrogen-bond donors (Lipinski definition) is 4. The van der Waals surface area contributed by atoms with Gasteiger partial charge in [-0.1, -0.05) is 13.8 Å². The Morgan fingerprint density at radius 2 is 1.72 bits per heavy atom. The normalized spacial score (nSPS) is 12.9. The molecule has 7 nitrogen and oxygen atoms in total. The lowest BCUT2D eigenvalue weighted by atomic mass is 10.0. The molecule has 0 aromatic rings.